The predicted octanol–water partition coefficient (Wildman–Crippen LogP) is 4.69. The van der Waals surface area contributed by atoms with Gasteiger partial charge >= 0.3 is 0 Å². The molecule has 35 heavy (non-hydrogen) atoms. The van der Waals surface area contributed by atoms with Crippen LogP contribution in [0, 0.1) is 47.3 Å². The summed E-state index contributed by atoms with van der Waals surface area (Å²) in [6, 6.07) is -0.513. The van der Waals surface area contributed by atoms with Crippen molar-refractivity contribution in [1.29, 1.82) is 0 Å². The van der Waals surface area contributed by atoms with Crippen LogP contribution in [0.4, 0.5) is 0 Å². The summed E-state index contributed by atoms with van der Waals surface area (Å²) in [6.07, 6.45) is 11.3. The molecule has 2 heterocycles. The summed E-state index contributed by atoms with van der Waals surface area (Å²) in [5.41, 5.74) is -0.0198. The first-order chi connectivity index (χ1) is 16.9. The second-order valence-electron chi connectivity index (χ2n) is 12.3. The summed E-state index contributed by atoms with van der Waals surface area (Å²) in [4.78, 5) is 38.0. The molecule has 6 nitrogen and oxygen atoms in total. The fourth-order valence-electron chi connectivity index (χ4n) is 9.23. The van der Waals surface area contributed by atoms with E-state index in [1.165, 1.54) is 32.1 Å². The lowest BCUT2D eigenvalue weighted by Crippen LogP contribution is -2.33. The molecule has 0 aromatic carbocycles. The summed E-state index contributed by atoms with van der Waals surface area (Å²) in [6.45, 7) is 5.34. The number of ketones is 1. The van der Waals surface area contributed by atoms with Crippen molar-refractivity contribution in [2.24, 2.45) is 47.3 Å². The largest absolute Gasteiger partial charge is 0.509 e. The second kappa shape index (κ2) is 10.3. The number of nitrogens with one attached hydrogen (secondary N) is 2. The highest BCUT2D eigenvalue weighted by atomic mass is 16.3. The molecule has 3 fully saturated rings. The first-order valence-electron chi connectivity index (χ1n) is 14.4. The van der Waals surface area contributed by atoms with Crippen LogP contribution in [0.2, 0.25) is 0 Å². The number of hydrogen-bond donors (Lipinski definition) is 3. The van der Waals surface area contributed by atoms with Gasteiger partial charge in [0.05, 0.1) is 6.04 Å². The highest BCUT2D eigenvalue weighted by molar-refractivity contribution is 6.21. The number of rotatable bonds is 1. The minimum atomic E-state index is -0.513. The molecule has 3 aliphatic carbocycles. The third kappa shape index (κ3) is 4.67. The van der Waals surface area contributed by atoms with E-state index in [2.05, 4.69) is 24.5 Å². The Morgan fingerprint density at radius 2 is 1.63 bits per heavy atom. The van der Waals surface area contributed by atoms with Gasteiger partial charge in [0, 0.05) is 19.4 Å². The molecule has 0 radical (unpaired) electrons. The van der Waals surface area contributed by atoms with E-state index >= 15 is 0 Å². The molecule has 0 unspecified atom stereocenters. The highest BCUT2D eigenvalue weighted by Crippen LogP contribution is 2.61. The Balaban J connectivity index is 1.35. The average Bonchev–Trinajstić information content (AvgIpc) is 3.44. The van der Waals surface area contributed by atoms with Crippen molar-refractivity contribution in [3.63, 3.8) is 0 Å². The number of aliphatic hydroxyl groups is 1. The smallest absolute Gasteiger partial charge is 0.259 e. The van der Waals surface area contributed by atoms with Gasteiger partial charge in [0.1, 0.15) is 11.3 Å². The lowest BCUT2D eigenvalue weighted by molar-refractivity contribution is -0.123. The first kappa shape index (κ1) is 24.8. The van der Waals surface area contributed by atoms with Crippen molar-refractivity contribution in [2.75, 3.05) is 6.54 Å². The summed E-state index contributed by atoms with van der Waals surface area (Å²) in [5.74, 6) is 5.25. The van der Waals surface area contributed by atoms with Gasteiger partial charge in [-0.05, 0) is 105 Å². The van der Waals surface area contributed by atoms with Gasteiger partial charge in [0.15, 0.2) is 5.78 Å². The molecule has 5 aliphatic rings. The maximum Gasteiger partial charge on any atom is 0.259 e. The molecule has 2 aliphatic heterocycles. The molecular formula is C29H44N2O4. The van der Waals surface area contributed by atoms with Gasteiger partial charge in [0.2, 0.25) is 5.91 Å². The van der Waals surface area contributed by atoms with Crippen LogP contribution in [-0.2, 0) is 14.4 Å². The Morgan fingerprint density at radius 3 is 2.43 bits per heavy atom. The Bertz CT molecular complexity index is 882. The van der Waals surface area contributed by atoms with Crippen molar-refractivity contribution in [3.05, 3.63) is 11.3 Å². The molecule has 3 saturated carbocycles. The van der Waals surface area contributed by atoms with E-state index in [0.29, 0.717) is 50.0 Å². The lowest BCUT2D eigenvalue weighted by atomic mass is 9.65. The molecule has 2 amide bonds. The second-order valence-corrected chi connectivity index (χ2v) is 12.3. The minimum absolute atomic E-state index is 0.0198. The summed E-state index contributed by atoms with van der Waals surface area (Å²) < 4.78 is 0. The maximum absolute atomic E-state index is 13.1. The number of aliphatic hydroxyl groups excluding tert-OH is 1. The van der Waals surface area contributed by atoms with Crippen LogP contribution in [0.5, 0.6) is 0 Å². The third-order valence-electron chi connectivity index (χ3n) is 10.7. The van der Waals surface area contributed by atoms with Crippen LogP contribution >= 0.6 is 0 Å². The van der Waals surface area contributed by atoms with E-state index < -0.39 is 11.9 Å². The van der Waals surface area contributed by atoms with Crippen LogP contribution in [0.1, 0.15) is 90.9 Å². The molecule has 0 aromatic heterocycles. The molecule has 5 rings (SSSR count). The highest BCUT2D eigenvalue weighted by Gasteiger charge is 2.54. The van der Waals surface area contributed by atoms with Gasteiger partial charge in [0.25, 0.3) is 5.91 Å². The topological polar surface area (TPSA) is 95.5 Å². The van der Waals surface area contributed by atoms with Crippen LogP contribution in [-0.4, -0.2) is 35.3 Å². The Kier molecular flexibility index (Phi) is 7.28. The van der Waals surface area contributed by atoms with E-state index in [9.17, 15) is 19.5 Å². The van der Waals surface area contributed by atoms with Gasteiger partial charge < -0.3 is 15.7 Å². The summed E-state index contributed by atoms with van der Waals surface area (Å²) in [7, 11) is 0. The molecular weight excluding hydrogens is 440 g/mol. The number of amides is 2. The molecule has 6 heteroatoms. The number of fused-ring (bicyclic) bond motifs is 6. The van der Waals surface area contributed by atoms with E-state index in [1.54, 1.807) is 0 Å². The van der Waals surface area contributed by atoms with E-state index in [1.807, 2.05) is 0 Å². The monoisotopic (exact) mass is 484 g/mol. The average molecular weight is 485 g/mol. The van der Waals surface area contributed by atoms with Crippen LogP contribution in [0.25, 0.3) is 0 Å². The molecule has 0 spiro atoms. The first-order valence-corrected chi connectivity index (χ1v) is 14.4. The molecule has 194 valence electrons. The summed E-state index contributed by atoms with van der Waals surface area (Å²) >= 11 is 0. The van der Waals surface area contributed by atoms with Crippen LogP contribution in [0.3, 0.4) is 0 Å². The van der Waals surface area contributed by atoms with Gasteiger partial charge in [-0.1, -0.05) is 20.3 Å². The Morgan fingerprint density at radius 1 is 0.857 bits per heavy atom. The number of Topliss-reactive ketones (excluding diaryl/α,β-unsaturated/α-hetero) is 1. The fraction of sp³-hybridized carbons (Fsp3) is 0.828. The van der Waals surface area contributed by atoms with E-state index in [4.69, 9.17) is 0 Å². The third-order valence-corrected chi connectivity index (χ3v) is 10.7. The lowest BCUT2D eigenvalue weighted by Gasteiger charge is -2.40. The van der Waals surface area contributed by atoms with Gasteiger partial charge in [-0.25, -0.2) is 0 Å². The zero-order chi connectivity index (χ0) is 24.7. The maximum atomic E-state index is 13.1. The van der Waals surface area contributed by atoms with Crippen molar-refractivity contribution in [1.82, 2.24) is 10.6 Å². The van der Waals surface area contributed by atoms with Crippen molar-refractivity contribution in [2.45, 2.75) is 96.9 Å². The number of hydrogen-bond acceptors (Lipinski definition) is 4. The van der Waals surface area contributed by atoms with Gasteiger partial charge in [-0.2, -0.15) is 0 Å². The molecule has 3 N–H and O–H groups in total. The quantitative estimate of drug-likeness (QED) is 0.471. The fourth-order valence-corrected chi connectivity index (χ4v) is 9.23. The standard InChI is InChI=1S/C29H44N2O4/c1-3-18-16(2)14-22-20(18)10-11-21-19-6-4-8-26(33)30-13-5-7-24-28(34)27(29(35)31-24)25(32)12-9-17(19)15-23(21)22/h16-24,34H,3-15H2,1-2H3,(H,30,33)(H,31,35)/t16-,17-,18-,19+,20+,21-,22+,23+,24+/m1/s1. The molecule has 9 atom stereocenters. The molecule has 2 bridgehead atoms. The number of carbonyl (C=O) groups is 3. The van der Waals surface area contributed by atoms with Gasteiger partial charge in [-0.15, -0.1) is 0 Å². The molecule has 0 aromatic rings. The van der Waals surface area contributed by atoms with Crippen LogP contribution in [0.15, 0.2) is 11.3 Å². The minimum Gasteiger partial charge on any atom is -0.509 e. The number of carbonyl (C=O) groups excluding carboxylic acids is 3. The van der Waals surface area contributed by atoms with Crippen LogP contribution < -0.4 is 10.6 Å². The van der Waals surface area contributed by atoms with Crippen molar-refractivity contribution in [3.8, 4) is 0 Å². The summed E-state index contributed by atoms with van der Waals surface area (Å²) in [5, 5.41) is 16.4. The predicted molar refractivity (Wildman–Crippen MR) is 134 cm³/mol. The Labute approximate surface area is 210 Å². The SMILES string of the molecule is CC[C@H]1[C@@H]2CC[C@H]3[C@H](C[C@H]4CCC(=O)C5=C(O)[C@H](CCCNC(=O)CCC[C@@H]43)NC5=O)[C@H]2C[C@H]1C. The van der Waals surface area contributed by atoms with E-state index in [-0.39, 0.29) is 23.0 Å². The van der Waals surface area contributed by atoms with Crippen molar-refractivity contribution >= 4 is 17.6 Å². The van der Waals surface area contributed by atoms with Crippen molar-refractivity contribution < 1.29 is 19.5 Å². The normalized spacial score (nSPS) is 42.8. The zero-order valence-electron chi connectivity index (χ0n) is 21.6. The molecule has 0 saturated heterocycles. The van der Waals surface area contributed by atoms with E-state index in [0.717, 1.165) is 48.9 Å². The Hall–Kier alpha value is -1.85. The van der Waals surface area contributed by atoms with Gasteiger partial charge in [-0.3, -0.25) is 14.4 Å². The zero-order valence-corrected chi connectivity index (χ0v) is 21.6.